The molecule has 4 rings (SSSR count). The lowest BCUT2D eigenvalue weighted by molar-refractivity contribution is 0.143. The van der Waals surface area contributed by atoms with E-state index in [0.29, 0.717) is 19.0 Å². The molecule has 0 aliphatic carbocycles. The topological polar surface area (TPSA) is 70.0 Å². The van der Waals surface area contributed by atoms with Gasteiger partial charge in [0.15, 0.2) is 0 Å². The normalized spacial score (nSPS) is 20.4. The molecule has 31 heavy (non-hydrogen) atoms. The molecule has 2 N–H and O–H groups in total. The van der Waals surface area contributed by atoms with Gasteiger partial charge in [0.1, 0.15) is 11.5 Å². The van der Waals surface area contributed by atoms with Gasteiger partial charge in [0.2, 0.25) is 0 Å². The Bertz CT molecular complexity index is 820. The van der Waals surface area contributed by atoms with Crippen LogP contribution in [0.2, 0.25) is 0 Å². The summed E-state index contributed by atoms with van der Waals surface area (Å²) in [7, 11) is 1.69. The Morgan fingerprint density at radius 1 is 1.16 bits per heavy atom. The van der Waals surface area contributed by atoms with Gasteiger partial charge in [-0.05, 0) is 62.5 Å². The van der Waals surface area contributed by atoms with Crippen LogP contribution in [0.25, 0.3) is 0 Å². The smallest absolute Gasteiger partial charge is 0.314 e. The highest BCUT2D eigenvalue weighted by Gasteiger charge is 2.26. The zero-order valence-electron chi connectivity index (χ0n) is 18.4. The van der Waals surface area contributed by atoms with E-state index in [4.69, 9.17) is 9.15 Å². The number of rotatable bonds is 8. The SMILES string of the molecule is COc1cccc(N2CCC(CNC(=O)NCC(c3ccco3)N3CCCCC3)C2)c1. The summed E-state index contributed by atoms with van der Waals surface area (Å²) in [6.45, 7) is 5.28. The number of nitrogens with one attached hydrogen (secondary N) is 2. The number of ether oxygens (including phenoxy) is 1. The number of furan rings is 1. The summed E-state index contributed by atoms with van der Waals surface area (Å²) in [6, 6.07) is 12.1. The van der Waals surface area contributed by atoms with Gasteiger partial charge in [0.25, 0.3) is 0 Å². The molecule has 1 aromatic heterocycles. The maximum atomic E-state index is 12.5. The molecule has 7 nitrogen and oxygen atoms in total. The van der Waals surface area contributed by atoms with Crippen molar-refractivity contribution in [1.29, 1.82) is 0 Å². The lowest BCUT2D eigenvalue weighted by Crippen LogP contribution is -2.44. The van der Waals surface area contributed by atoms with Crippen LogP contribution in [0.1, 0.15) is 37.5 Å². The van der Waals surface area contributed by atoms with E-state index >= 15 is 0 Å². The predicted octanol–water partition coefficient (Wildman–Crippen LogP) is 3.64. The molecule has 1 aromatic carbocycles. The number of carbonyl (C=O) groups excluding carboxylic acids is 1. The van der Waals surface area contributed by atoms with E-state index in [-0.39, 0.29) is 12.1 Å². The van der Waals surface area contributed by atoms with Crippen LogP contribution < -0.4 is 20.3 Å². The van der Waals surface area contributed by atoms with Crippen LogP contribution in [-0.2, 0) is 0 Å². The number of hydrogen-bond donors (Lipinski definition) is 2. The van der Waals surface area contributed by atoms with Crippen molar-refractivity contribution in [2.75, 3.05) is 51.3 Å². The molecule has 3 heterocycles. The molecule has 0 radical (unpaired) electrons. The minimum atomic E-state index is -0.103. The van der Waals surface area contributed by atoms with Gasteiger partial charge in [-0.1, -0.05) is 12.5 Å². The van der Waals surface area contributed by atoms with E-state index in [1.54, 1.807) is 13.4 Å². The standard InChI is InChI=1S/C24H34N4O3/c1-30-21-8-5-7-20(15-21)28-13-10-19(18-28)16-25-24(29)26-17-22(23-9-6-14-31-23)27-11-3-2-4-12-27/h5-9,14-15,19,22H,2-4,10-13,16-18H2,1H3,(H2,25,26,29). The lowest BCUT2D eigenvalue weighted by atomic mass is 10.1. The number of likely N-dealkylation sites (tertiary alicyclic amines) is 1. The molecule has 2 saturated heterocycles. The summed E-state index contributed by atoms with van der Waals surface area (Å²) >= 11 is 0. The van der Waals surface area contributed by atoms with Crippen LogP contribution in [-0.4, -0.2) is 57.3 Å². The number of amides is 2. The fourth-order valence-corrected chi connectivity index (χ4v) is 4.65. The van der Waals surface area contributed by atoms with Crippen molar-refractivity contribution in [3.8, 4) is 5.75 Å². The third-order valence-electron chi connectivity index (χ3n) is 6.41. The molecule has 2 aromatic rings. The molecule has 2 aliphatic rings. The van der Waals surface area contributed by atoms with E-state index in [0.717, 1.165) is 44.1 Å². The Kier molecular flexibility index (Phi) is 7.35. The van der Waals surface area contributed by atoms with Gasteiger partial charge in [0, 0.05) is 37.9 Å². The fraction of sp³-hybridized carbons (Fsp3) is 0.542. The van der Waals surface area contributed by atoms with E-state index in [1.165, 1.54) is 24.9 Å². The quantitative estimate of drug-likeness (QED) is 0.674. The Morgan fingerprint density at radius 2 is 2.03 bits per heavy atom. The first-order valence-electron chi connectivity index (χ1n) is 11.4. The van der Waals surface area contributed by atoms with Gasteiger partial charge in [0.05, 0.1) is 19.4 Å². The number of methoxy groups -OCH3 is 1. The summed E-state index contributed by atoms with van der Waals surface area (Å²) in [6.07, 6.45) is 6.47. The largest absolute Gasteiger partial charge is 0.497 e. The maximum Gasteiger partial charge on any atom is 0.314 e. The van der Waals surface area contributed by atoms with Crippen LogP contribution in [0.5, 0.6) is 5.75 Å². The Labute approximate surface area is 184 Å². The number of carbonyl (C=O) groups is 1. The molecule has 7 heteroatoms. The van der Waals surface area contributed by atoms with Gasteiger partial charge < -0.3 is 24.7 Å². The van der Waals surface area contributed by atoms with Crippen molar-refractivity contribution in [2.45, 2.75) is 31.7 Å². The highest BCUT2D eigenvalue weighted by molar-refractivity contribution is 5.73. The first-order valence-corrected chi connectivity index (χ1v) is 11.4. The molecule has 2 fully saturated rings. The molecular formula is C24H34N4O3. The van der Waals surface area contributed by atoms with Gasteiger partial charge in [-0.3, -0.25) is 4.90 Å². The highest BCUT2D eigenvalue weighted by Crippen LogP contribution is 2.27. The predicted molar refractivity (Wildman–Crippen MR) is 122 cm³/mol. The second-order valence-electron chi connectivity index (χ2n) is 8.52. The fourth-order valence-electron chi connectivity index (χ4n) is 4.65. The van der Waals surface area contributed by atoms with E-state index in [2.05, 4.69) is 32.6 Å². The first-order chi connectivity index (χ1) is 15.2. The van der Waals surface area contributed by atoms with Gasteiger partial charge in [-0.2, -0.15) is 0 Å². The van der Waals surface area contributed by atoms with Crippen molar-refractivity contribution in [3.63, 3.8) is 0 Å². The number of anilines is 1. The average Bonchev–Trinajstić information content (AvgIpc) is 3.51. The van der Waals surface area contributed by atoms with Gasteiger partial charge in [-0.15, -0.1) is 0 Å². The maximum absolute atomic E-state index is 12.5. The van der Waals surface area contributed by atoms with E-state index in [1.807, 2.05) is 24.3 Å². The third kappa shape index (κ3) is 5.73. The summed E-state index contributed by atoms with van der Waals surface area (Å²) in [5.41, 5.74) is 1.18. The summed E-state index contributed by atoms with van der Waals surface area (Å²) < 4.78 is 11.0. The van der Waals surface area contributed by atoms with Crippen molar-refractivity contribution < 1.29 is 13.9 Å². The zero-order chi connectivity index (χ0) is 21.5. The monoisotopic (exact) mass is 426 g/mol. The molecule has 2 aliphatic heterocycles. The molecule has 0 saturated carbocycles. The van der Waals surface area contributed by atoms with Crippen LogP contribution in [0.15, 0.2) is 47.1 Å². The minimum Gasteiger partial charge on any atom is -0.497 e. The Hall–Kier alpha value is -2.67. The number of nitrogens with zero attached hydrogens (tertiary/aromatic N) is 2. The van der Waals surface area contributed by atoms with Gasteiger partial charge >= 0.3 is 6.03 Å². The Morgan fingerprint density at radius 3 is 2.81 bits per heavy atom. The minimum absolute atomic E-state index is 0.0936. The molecule has 0 spiro atoms. The average molecular weight is 427 g/mol. The molecule has 2 atom stereocenters. The van der Waals surface area contributed by atoms with Crippen molar-refractivity contribution in [3.05, 3.63) is 48.4 Å². The molecule has 168 valence electrons. The van der Waals surface area contributed by atoms with Gasteiger partial charge in [-0.25, -0.2) is 4.79 Å². The number of benzene rings is 1. The van der Waals surface area contributed by atoms with Crippen LogP contribution in [0.3, 0.4) is 0 Å². The highest BCUT2D eigenvalue weighted by atomic mass is 16.5. The lowest BCUT2D eigenvalue weighted by Gasteiger charge is -2.33. The van der Waals surface area contributed by atoms with E-state index < -0.39 is 0 Å². The molecular weight excluding hydrogens is 392 g/mol. The zero-order valence-corrected chi connectivity index (χ0v) is 18.4. The second-order valence-corrected chi connectivity index (χ2v) is 8.52. The van der Waals surface area contributed by atoms with Crippen molar-refractivity contribution >= 4 is 11.7 Å². The summed E-state index contributed by atoms with van der Waals surface area (Å²) in [4.78, 5) is 17.3. The van der Waals surface area contributed by atoms with Crippen molar-refractivity contribution in [2.24, 2.45) is 5.92 Å². The molecule has 2 unspecified atom stereocenters. The summed E-state index contributed by atoms with van der Waals surface area (Å²) in [5.74, 6) is 2.24. The second kappa shape index (κ2) is 10.6. The van der Waals surface area contributed by atoms with Crippen LogP contribution in [0, 0.1) is 5.92 Å². The van der Waals surface area contributed by atoms with E-state index in [9.17, 15) is 4.79 Å². The molecule has 0 bridgehead atoms. The van der Waals surface area contributed by atoms with Crippen molar-refractivity contribution in [1.82, 2.24) is 15.5 Å². The van der Waals surface area contributed by atoms with Crippen LogP contribution >= 0.6 is 0 Å². The first kappa shape index (κ1) is 21.6. The number of piperidine rings is 1. The number of hydrogen-bond acceptors (Lipinski definition) is 5. The Balaban J connectivity index is 1.23. The third-order valence-corrected chi connectivity index (χ3v) is 6.41. The summed E-state index contributed by atoms with van der Waals surface area (Å²) in [5, 5.41) is 6.14. The van der Waals surface area contributed by atoms with Crippen LogP contribution in [0.4, 0.5) is 10.5 Å². The number of urea groups is 1. The molecule has 2 amide bonds.